The van der Waals surface area contributed by atoms with E-state index in [-0.39, 0.29) is 11.3 Å². The van der Waals surface area contributed by atoms with Crippen molar-refractivity contribution in [2.24, 2.45) is 0 Å². The summed E-state index contributed by atoms with van der Waals surface area (Å²) in [6.07, 6.45) is 13.2. The maximum atomic E-state index is 11.1. The normalized spacial score (nSPS) is 10.8. The Kier molecular flexibility index (Phi) is 9.36. The third-order valence-electron chi connectivity index (χ3n) is 4.16. The van der Waals surface area contributed by atoms with E-state index in [0.717, 1.165) is 12.8 Å². The Balaban J connectivity index is 2.16. The smallest absolute Gasteiger partial charge is 0.336 e. The average molecular weight is 306 g/mol. The number of aromatic carboxylic acids is 1. The van der Waals surface area contributed by atoms with E-state index in [1.165, 1.54) is 51.4 Å². The molecule has 3 heteroatoms. The third kappa shape index (κ3) is 6.97. The van der Waals surface area contributed by atoms with Gasteiger partial charge in [0.05, 0.1) is 5.56 Å². The zero-order valence-corrected chi connectivity index (χ0v) is 13.8. The molecule has 0 aliphatic rings. The standard InChI is InChI=1S/C19H30O3/c1-2-3-4-5-6-7-8-9-10-11-13-16-17(19(21)22)14-12-15-18(16)20/h12,14-15,20H,2-11,13H2,1H3,(H,21,22). The van der Waals surface area contributed by atoms with Gasteiger partial charge >= 0.3 is 5.97 Å². The van der Waals surface area contributed by atoms with Gasteiger partial charge in [-0.05, 0) is 25.0 Å². The lowest BCUT2D eigenvalue weighted by atomic mass is 9.99. The number of carboxylic acid groups (broad SMARTS) is 1. The Morgan fingerprint density at radius 2 is 1.45 bits per heavy atom. The molecular formula is C19H30O3. The summed E-state index contributed by atoms with van der Waals surface area (Å²) in [7, 11) is 0. The van der Waals surface area contributed by atoms with E-state index >= 15 is 0 Å². The molecular weight excluding hydrogens is 276 g/mol. The topological polar surface area (TPSA) is 57.5 Å². The van der Waals surface area contributed by atoms with Gasteiger partial charge in [-0.2, -0.15) is 0 Å². The Hall–Kier alpha value is -1.51. The molecule has 2 N–H and O–H groups in total. The van der Waals surface area contributed by atoms with Crippen molar-refractivity contribution >= 4 is 5.97 Å². The number of aromatic hydroxyl groups is 1. The molecule has 0 amide bonds. The predicted octanol–water partition coefficient (Wildman–Crippen LogP) is 5.55. The van der Waals surface area contributed by atoms with Crippen molar-refractivity contribution < 1.29 is 15.0 Å². The number of rotatable bonds is 12. The third-order valence-corrected chi connectivity index (χ3v) is 4.16. The monoisotopic (exact) mass is 306 g/mol. The number of hydrogen-bond acceptors (Lipinski definition) is 2. The van der Waals surface area contributed by atoms with E-state index in [9.17, 15) is 9.90 Å². The summed E-state index contributed by atoms with van der Waals surface area (Å²) in [5.41, 5.74) is 0.811. The van der Waals surface area contributed by atoms with Crippen molar-refractivity contribution in [2.45, 2.75) is 77.6 Å². The van der Waals surface area contributed by atoms with E-state index < -0.39 is 5.97 Å². The molecule has 0 unspecified atom stereocenters. The van der Waals surface area contributed by atoms with Gasteiger partial charge in [-0.15, -0.1) is 0 Å². The number of phenolic OH excluding ortho intramolecular Hbond substituents is 1. The van der Waals surface area contributed by atoms with Crippen molar-refractivity contribution in [1.82, 2.24) is 0 Å². The summed E-state index contributed by atoms with van der Waals surface area (Å²) in [4.78, 5) is 11.1. The van der Waals surface area contributed by atoms with Crippen LogP contribution in [0.25, 0.3) is 0 Å². The van der Waals surface area contributed by atoms with Crippen LogP contribution in [0.15, 0.2) is 18.2 Å². The fraction of sp³-hybridized carbons (Fsp3) is 0.632. The Bertz CT molecular complexity index is 440. The van der Waals surface area contributed by atoms with Crippen molar-refractivity contribution in [2.75, 3.05) is 0 Å². The van der Waals surface area contributed by atoms with E-state index in [0.29, 0.717) is 12.0 Å². The first kappa shape index (κ1) is 18.5. The van der Waals surface area contributed by atoms with Gasteiger partial charge < -0.3 is 10.2 Å². The van der Waals surface area contributed by atoms with Gasteiger partial charge in [0.2, 0.25) is 0 Å². The molecule has 3 nitrogen and oxygen atoms in total. The van der Waals surface area contributed by atoms with Gasteiger partial charge in [-0.1, -0.05) is 70.8 Å². The van der Waals surface area contributed by atoms with Crippen LogP contribution < -0.4 is 0 Å². The summed E-state index contributed by atoms with van der Waals surface area (Å²) < 4.78 is 0. The lowest BCUT2D eigenvalue weighted by Gasteiger charge is -2.08. The summed E-state index contributed by atoms with van der Waals surface area (Å²) in [6, 6.07) is 4.71. The van der Waals surface area contributed by atoms with Crippen LogP contribution in [0.4, 0.5) is 0 Å². The first-order valence-electron chi connectivity index (χ1n) is 8.71. The molecule has 1 rings (SSSR count). The van der Waals surface area contributed by atoms with E-state index in [2.05, 4.69) is 6.92 Å². The van der Waals surface area contributed by atoms with Gasteiger partial charge in [-0.25, -0.2) is 4.79 Å². The molecule has 0 aromatic heterocycles. The number of carboxylic acids is 1. The summed E-state index contributed by atoms with van der Waals surface area (Å²) in [6.45, 7) is 2.24. The molecule has 22 heavy (non-hydrogen) atoms. The van der Waals surface area contributed by atoms with E-state index in [1.54, 1.807) is 18.2 Å². The van der Waals surface area contributed by atoms with Crippen molar-refractivity contribution in [3.63, 3.8) is 0 Å². The first-order valence-corrected chi connectivity index (χ1v) is 8.71. The van der Waals surface area contributed by atoms with Gasteiger partial charge in [-0.3, -0.25) is 0 Å². The minimum Gasteiger partial charge on any atom is -0.508 e. The molecule has 0 saturated carbocycles. The SMILES string of the molecule is CCCCCCCCCCCCc1c(O)cccc1C(=O)O. The molecule has 0 aliphatic carbocycles. The van der Waals surface area contributed by atoms with Crippen LogP contribution in [0.5, 0.6) is 5.75 Å². The van der Waals surface area contributed by atoms with Crippen LogP contribution in [-0.2, 0) is 6.42 Å². The van der Waals surface area contributed by atoms with E-state index in [1.807, 2.05) is 0 Å². The van der Waals surface area contributed by atoms with Crippen molar-refractivity contribution in [3.8, 4) is 5.75 Å². The van der Waals surface area contributed by atoms with Crippen molar-refractivity contribution in [1.29, 1.82) is 0 Å². The van der Waals surface area contributed by atoms with Crippen LogP contribution in [0.3, 0.4) is 0 Å². The molecule has 0 heterocycles. The minimum absolute atomic E-state index is 0.107. The van der Waals surface area contributed by atoms with E-state index in [4.69, 9.17) is 5.11 Å². The lowest BCUT2D eigenvalue weighted by Crippen LogP contribution is -2.02. The minimum atomic E-state index is -0.960. The Morgan fingerprint density at radius 3 is 2.00 bits per heavy atom. The number of benzene rings is 1. The Morgan fingerprint density at radius 1 is 0.909 bits per heavy atom. The molecule has 0 fully saturated rings. The summed E-state index contributed by atoms with van der Waals surface area (Å²) >= 11 is 0. The van der Waals surface area contributed by atoms with Crippen LogP contribution in [-0.4, -0.2) is 16.2 Å². The number of phenols is 1. The van der Waals surface area contributed by atoms with Crippen molar-refractivity contribution in [3.05, 3.63) is 29.3 Å². The fourth-order valence-electron chi connectivity index (χ4n) is 2.83. The molecule has 0 spiro atoms. The first-order chi connectivity index (χ1) is 10.7. The van der Waals surface area contributed by atoms with Gasteiger partial charge in [0.1, 0.15) is 5.75 Å². The number of unbranched alkanes of at least 4 members (excludes halogenated alkanes) is 9. The maximum Gasteiger partial charge on any atom is 0.336 e. The largest absolute Gasteiger partial charge is 0.508 e. The summed E-state index contributed by atoms with van der Waals surface area (Å²) in [5.74, 6) is -0.853. The van der Waals surface area contributed by atoms with Gasteiger partial charge in [0, 0.05) is 5.56 Å². The molecule has 0 atom stereocenters. The fourth-order valence-corrected chi connectivity index (χ4v) is 2.83. The van der Waals surface area contributed by atoms with Crippen LogP contribution in [0, 0.1) is 0 Å². The summed E-state index contributed by atoms with van der Waals surface area (Å²) in [5, 5.41) is 19.0. The highest BCUT2D eigenvalue weighted by Gasteiger charge is 2.12. The van der Waals surface area contributed by atoms with Gasteiger partial charge in [0.15, 0.2) is 0 Å². The quantitative estimate of drug-likeness (QED) is 0.497. The average Bonchev–Trinajstić information content (AvgIpc) is 2.50. The van der Waals surface area contributed by atoms with Crippen LogP contribution in [0.2, 0.25) is 0 Å². The maximum absolute atomic E-state index is 11.1. The van der Waals surface area contributed by atoms with Gasteiger partial charge in [0.25, 0.3) is 0 Å². The Labute approximate surface area is 134 Å². The second kappa shape index (κ2) is 11.1. The second-order valence-electron chi connectivity index (χ2n) is 6.04. The zero-order chi connectivity index (χ0) is 16.2. The number of hydrogen-bond donors (Lipinski definition) is 2. The van der Waals surface area contributed by atoms with Crippen LogP contribution in [0.1, 0.15) is 87.1 Å². The molecule has 0 aliphatic heterocycles. The second-order valence-corrected chi connectivity index (χ2v) is 6.04. The number of carbonyl (C=O) groups is 1. The zero-order valence-electron chi connectivity index (χ0n) is 13.8. The highest BCUT2D eigenvalue weighted by atomic mass is 16.4. The molecule has 0 radical (unpaired) electrons. The van der Waals surface area contributed by atoms with Crippen LogP contribution >= 0.6 is 0 Å². The predicted molar refractivity (Wildman–Crippen MR) is 90.6 cm³/mol. The lowest BCUT2D eigenvalue weighted by molar-refractivity contribution is 0.0695. The highest BCUT2D eigenvalue weighted by molar-refractivity contribution is 5.90. The molecule has 1 aromatic carbocycles. The molecule has 0 saturated heterocycles. The molecule has 124 valence electrons. The molecule has 1 aromatic rings. The molecule has 0 bridgehead atoms. The highest BCUT2D eigenvalue weighted by Crippen LogP contribution is 2.23.